The summed E-state index contributed by atoms with van der Waals surface area (Å²) in [5.41, 5.74) is -1.14. The number of hydrogen-bond donors (Lipinski definition) is 6. The summed E-state index contributed by atoms with van der Waals surface area (Å²) in [6, 6.07) is 3.25. The number of phenolic OH excluding ortho intramolecular Hbond substituents is 2. The number of hydrogen-bond acceptors (Lipinski definition) is 8. The summed E-state index contributed by atoms with van der Waals surface area (Å²) in [6.07, 6.45) is 11.6. The molecule has 0 aromatic heterocycles. The molecular formula is C44H72N2O10. The van der Waals surface area contributed by atoms with Crippen LogP contribution in [0.15, 0.2) is 12.1 Å². The molecule has 2 aliphatic heterocycles. The maximum Gasteiger partial charge on any atom is 0.306 e. The van der Waals surface area contributed by atoms with Crippen LogP contribution in [0.25, 0.3) is 0 Å². The van der Waals surface area contributed by atoms with Gasteiger partial charge < -0.3 is 40.4 Å². The van der Waals surface area contributed by atoms with Gasteiger partial charge in [0.05, 0.1) is 23.2 Å². The number of aromatic hydroxyl groups is 2. The van der Waals surface area contributed by atoms with Crippen LogP contribution in [0, 0.1) is 23.7 Å². The van der Waals surface area contributed by atoms with Gasteiger partial charge in [0.25, 0.3) is 0 Å². The number of carboxylic acid groups (broad SMARTS) is 4. The van der Waals surface area contributed by atoms with Crippen LogP contribution in [0.4, 0.5) is 11.4 Å². The van der Waals surface area contributed by atoms with Gasteiger partial charge in [0.2, 0.25) is 0 Å². The number of piperidine rings is 2. The fourth-order valence-corrected chi connectivity index (χ4v) is 11.0. The maximum absolute atomic E-state index is 12.7. The predicted octanol–water partition coefficient (Wildman–Crippen LogP) is 9.68. The van der Waals surface area contributed by atoms with E-state index in [2.05, 4.69) is 65.2 Å². The summed E-state index contributed by atoms with van der Waals surface area (Å²) in [5.74, 6) is -4.59. The third-order valence-electron chi connectivity index (χ3n) is 12.6. The summed E-state index contributed by atoms with van der Waals surface area (Å²) in [4.78, 5) is 51.3. The fourth-order valence-electron chi connectivity index (χ4n) is 11.0. The predicted molar refractivity (Wildman–Crippen MR) is 219 cm³/mol. The summed E-state index contributed by atoms with van der Waals surface area (Å²) >= 11 is 0. The Labute approximate surface area is 334 Å². The molecule has 318 valence electrons. The highest BCUT2D eigenvalue weighted by Gasteiger charge is 2.52. The lowest BCUT2D eigenvalue weighted by atomic mass is 9.67. The van der Waals surface area contributed by atoms with E-state index in [9.17, 15) is 39.6 Å². The van der Waals surface area contributed by atoms with E-state index in [4.69, 9.17) is 10.2 Å². The molecule has 2 fully saturated rings. The Hall–Kier alpha value is -3.70. The first-order chi connectivity index (χ1) is 25.9. The lowest BCUT2D eigenvalue weighted by Crippen LogP contribution is -2.63. The smallest absolute Gasteiger partial charge is 0.306 e. The van der Waals surface area contributed by atoms with Crippen LogP contribution in [0.1, 0.15) is 171 Å². The molecule has 2 unspecified atom stereocenters. The van der Waals surface area contributed by atoms with Gasteiger partial charge in [-0.25, -0.2) is 0 Å². The molecule has 12 nitrogen and oxygen atoms in total. The van der Waals surface area contributed by atoms with Crippen LogP contribution >= 0.6 is 0 Å². The molecule has 2 saturated heterocycles. The van der Waals surface area contributed by atoms with Gasteiger partial charge in [0.15, 0.2) is 0 Å². The third-order valence-corrected chi connectivity index (χ3v) is 12.6. The summed E-state index contributed by atoms with van der Waals surface area (Å²) in [6.45, 7) is 16.6. The highest BCUT2D eigenvalue weighted by atomic mass is 16.4. The fraction of sp³-hybridized carbons (Fsp3) is 0.773. The number of rotatable bonds is 22. The van der Waals surface area contributed by atoms with Gasteiger partial charge in [-0.2, -0.15) is 0 Å². The SMILES string of the molecule is CC1(C)CC(C(CCCCCCCC(=O)O)C(=O)O)CC(C)(C)N1c1cc(N2C(C)(C)CC(C(CCCCCCCC(=O)O)C(=O)O)CC2(C)C)c(O)cc1O. The molecule has 0 saturated carbocycles. The minimum atomic E-state index is -0.804. The van der Waals surface area contributed by atoms with Gasteiger partial charge in [0.1, 0.15) is 11.5 Å². The van der Waals surface area contributed by atoms with E-state index in [1.54, 1.807) is 0 Å². The van der Waals surface area contributed by atoms with E-state index in [0.717, 1.165) is 51.4 Å². The molecular weight excluding hydrogens is 716 g/mol. The van der Waals surface area contributed by atoms with Crippen molar-refractivity contribution < 1.29 is 49.8 Å². The molecule has 56 heavy (non-hydrogen) atoms. The normalized spacial score (nSPS) is 20.4. The van der Waals surface area contributed by atoms with Gasteiger partial charge in [-0.15, -0.1) is 0 Å². The van der Waals surface area contributed by atoms with Crippen LogP contribution in [0.2, 0.25) is 0 Å². The van der Waals surface area contributed by atoms with Gasteiger partial charge >= 0.3 is 23.9 Å². The maximum atomic E-state index is 12.7. The van der Waals surface area contributed by atoms with Crippen molar-refractivity contribution in [1.82, 2.24) is 0 Å². The Morgan fingerprint density at radius 3 is 1.09 bits per heavy atom. The van der Waals surface area contributed by atoms with Crippen molar-refractivity contribution in [3.05, 3.63) is 12.1 Å². The standard InChI is InChI=1S/C44H72N2O10/c1-41(2)25-29(31(39(53)54)19-15-11-9-13-17-21-37(49)50)26-42(3,4)45(41)33-23-34(36(48)24-35(33)47)46-43(5,6)27-30(28-44(46,7)8)32(40(55)56)20-16-12-10-14-18-22-38(51)52/h23-24,29-32,47-48H,9-22,25-28H2,1-8H3,(H,49,50)(H,51,52)(H,53,54)(H,55,56). The zero-order valence-corrected chi connectivity index (χ0v) is 35.4. The topological polar surface area (TPSA) is 196 Å². The zero-order chi connectivity index (χ0) is 42.2. The number of benzene rings is 1. The number of nitrogens with zero attached hydrogens (tertiary/aromatic N) is 2. The minimum absolute atomic E-state index is 0.0667. The first-order valence-electron chi connectivity index (χ1n) is 21.0. The highest BCUT2D eigenvalue weighted by Crippen LogP contribution is 2.55. The molecule has 0 amide bonds. The summed E-state index contributed by atoms with van der Waals surface area (Å²) in [5, 5.41) is 61.5. The molecule has 3 rings (SSSR count). The Balaban J connectivity index is 1.83. The van der Waals surface area contributed by atoms with Crippen LogP contribution in [0.3, 0.4) is 0 Å². The number of aliphatic carboxylic acids is 4. The van der Waals surface area contributed by atoms with E-state index in [-0.39, 0.29) is 36.2 Å². The van der Waals surface area contributed by atoms with Crippen molar-refractivity contribution in [1.29, 1.82) is 0 Å². The highest BCUT2D eigenvalue weighted by molar-refractivity contribution is 5.76. The largest absolute Gasteiger partial charge is 0.506 e. The molecule has 2 atom stereocenters. The van der Waals surface area contributed by atoms with Gasteiger partial charge in [-0.1, -0.05) is 51.4 Å². The lowest BCUT2D eigenvalue weighted by molar-refractivity contribution is -0.146. The number of phenols is 2. The molecule has 0 radical (unpaired) electrons. The molecule has 12 heteroatoms. The molecule has 0 spiro atoms. The second-order valence-corrected chi connectivity index (χ2v) is 19.4. The van der Waals surface area contributed by atoms with Crippen molar-refractivity contribution in [2.24, 2.45) is 23.7 Å². The van der Waals surface area contributed by atoms with Crippen molar-refractivity contribution in [2.75, 3.05) is 9.80 Å². The molecule has 2 aliphatic rings. The number of carbonyl (C=O) groups is 4. The first-order valence-corrected chi connectivity index (χ1v) is 21.0. The van der Waals surface area contributed by atoms with Gasteiger partial charge in [-0.05, 0) is 125 Å². The Bertz CT molecular complexity index is 1380. The van der Waals surface area contributed by atoms with Crippen molar-refractivity contribution >= 4 is 35.3 Å². The van der Waals surface area contributed by atoms with Crippen LogP contribution in [-0.2, 0) is 19.2 Å². The monoisotopic (exact) mass is 789 g/mol. The average Bonchev–Trinajstić information content (AvgIpc) is 3.02. The first kappa shape index (κ1) is 46.7. The Morgan fingerprint density at radius 1 is 0.518 bits per heavy atom. The van der Waals surface area contributed by atoms with Crippen molar-refractivity contribution in [3.8, 4) is 11.5 Å². The lowest BCUT2D eigenvalue weighted by Gasteiger charge is -2.59. The number of unbranched alkanes of at least 4 members (excludes halogenated alkanes) is 8. The van der Waals surface area contributed by atoms with Crippen LogP contribution in [-0.4, -0.2) is 76.7 Å². The van der Waals surface area contributed by atoms with Crippen molar-refractivity contribution in [2.45, 2.75) is 193 Å². The Morgan fingerprint density at radius 2 is 0.804 bits per heavy atom. The quantitative estimate of drug-likeness (QED) is 0.0610. The summed E-state index contributed by atoms with van der Waals surface area (Å²) in [7, 11) is 0. The molecule has 1 aromatic rings. The van der Waals surface area contributed by atoms with Crippen molar-refractivity contribution in [3.63, 3.8) is 0 Å². The molecule has 2 heterocycles. The molecule has 1 aromatic carbocycles. The average molecular weight is 789 g/mol. The van der Waals surface area contributed by atoms with E-state index in [0.29, 0.717) is 62.7 Å². The van der Waals surface area contributed by atoms with E-state index in [1.165, 1.54) is 6.07 Å². The van der Waals surface area contributed by atoms with E-state index in [1.807, 2.05) is 6.07 Å². The van der Waals surface area contributed by atoms with Gasteiger partial charge in [-0.3, -0.25) is 19.2 Å². The zero-order valence-electron chi connectivity index (χ0n) is 35.4. The molecule has 6 N–H and O–H groups in total. The molecule has 0 aliphatic carbocycles. The Kier molecular flexibility index (Phi) is 16.0. The van der Waals surface area contributed by atoms with E-state index >= 15 is 0 Å². The minimum Gasteiger partial charge on any atom is -0.506 e. The van der Waals surface area contributed by atoms with Gasteiger partial charge in [0, 0.05) is 41.1 Å². The van der Waals surface area contributed by atoms with Crippen LogP contribution < -0.4 is 9.80 Å². The number of anilines is 2. The second-order valence-electron chi connectivity index (χ2n) is 19.4. The summed E-state index contributed by atoms with van der Waals surface area (Å²) < 4.78 is 0. The third kappa shape index (κ3) is 12.2. The molecule has 0 bridgehead atoms. The van der Waals surface area contributed by atoms with Crippen LogP contribution in [0.5, 0.6) is 11.5 Å². The van der Waals surface area contributed by atoms with E-state index < -0.39 is 57.9 Å². The number of carboxylic acids is 4. The second kappa shape index (κ2) is 19.2.